The molecular formula is C12H21N3. The van der Waals surface area contributed by atoms with Crippen molar-refractivity contribution in [1.29, 1.82) is 0 Å². The van der Waals surface area contributed by atoms with Gasteiger partial charge in [-0.2, -0.15) is 5.10 Å². The molecule has 0 unspecified atom stereocenters. The topological polar surface area (TPSA) is 29.9 Å². The van der Waals surface area contributed by atoms with Crippen molar-refractivity contribution in [2.45, 2.75) is 39.2 Å². The summed E-state index contributed by atoms with van der Waals surface area (Å²) in [6.07, 6.45) is 9.56. The normalized spacial score (nSPS) is 18.8. The molecule has 0 saturated heterocycles. The van der Waals surface area contributed by atoms with Crippen LogP contribution >= 0.6 is 0 Å². The predicted molar refractivity (Wildman–Crippen MR) is 61.5 cm³/mol. The van der Waals surface area contributed by atoms with Crippen LogP contribution in [0.4, 0.5) is 0 Å². The molecule has 1 aromatic rings. The zero-order valence-corrected chi connectivity index (χ0v) is 9.79. The molecule has 1 aliphatic rings. The summed E-state index contributed by atoms with van der Waals surface area (Å²) in [6.45, 7) is 4.43. The van der Waals surface area contributed by atoms with Crippen molar-refractivity contribution >= 4 is 0 Å². The third-order valence-corrected chi connectivity index (χ3v) is 3.75. The van der Waals surface area contributed by atoms with Gasteiger partial charge < -0.3 is 5.32 Å². The molecule has 0 bridgehead atoms. The van der Waals surface area contributed by atoms with Crippen LogP contribution in [0.2, 0.25) is 0 Å². The first-order chi connectivity index (χ1) is 7.24. The van der Waals surface area contributed by atoms with Crippen LogP contribution in [0.1, 0.15) is 38.2 Å². The molecule has 1 aliphatic carbocycles. The Kier molecular flexibility index (Phi) is 3.10. The molecule has 0 aliphatic heterocycles. The maximum atomic E-state index is 4.16. The molecule has 0 radical (unpaired) electrons. The lowest BCUT2D eigenvalue weighted by Gasteiger charge is -2.41. The highest BCUT2D eigenvalue weighted by Gasteiger charge is 2.34. The van der Waals surface area contributed by atoms with Gasteiger partial charge in [0.05, 0.1) is 6.20 Å². The molecule has 1 saturated carbocycles. The van der Waals surface area contributed by atoms with Crippen LogP contribution < -0.4 is 5.32 Å². The average Bonchev–Trinajstić information content (AvgIpc) is 2.56. The van der Waals surface area contributed by atoms with E-state index in [9.17, 15) is 0 Å². The van der Waals surface area contributed by atoms with E-state index in [-0.39, 0.29) is 0 Å². The van der Waals surface area contributed by atoms with E-state index >= 15 is 0 Å². The van der Waals surface area contributed by atoms with Crippen LogP contribution in [-0.2, 0) is 13.6 Å². The summed E-state index contributed by atoms with van der Waals surface area (Å²) in [5.74, 6) is 0. The Balaban J connectivity index is 1.74. The van der Waals surface area contributed by atoms with Crippen LogP contribution in [-0.4, -0.2) is 16.3 Å². The summed E-state index contributed by atoms with van der Waals surface area (Å²) in [5, 5.41) is 7.72. The molecule has 2 rings (SSSR count). The maximum absolute atomic E-state index is 4.16. The number of nitrogens with zero attached hydrogens (tertiary/aromatic N) is 2. The number of hydrogen-bond acceptors (Lipinski definition) is 2. The van der Waals surface area contributed by atoms with Crippen molar-refractivity contribution < 1.29 is 0 Å². The average molecular weight is 207 g/mol. The minimum absolute atomic E-state index is 0.613. The standard InChI is InChI=1S/C12H21N3/c1-3-12(5-4-6-12)10-13-7-11-8-14-15(2)9-11/h8-9,13H,3-7,10H2,1-2H3. The second kappa shape index (κ2) is 4.35. The number of aryl methyl sites for hydroxylation is 1. The zero-order chi connectivity index (χ0) is 10.7. The Bertz CT molecular complexity index is 307. The van der Waals surface area contributed by atoms with Crippen molar-refractivity contribution in [3.05, 3.63) is 18.0 Å². The highest BCUT2D eigenvalue weighted by molar-refractivity contribution is 5.03. The molecule has 1 aromatic heterocycles. The van der Waals surface area contributed by atoms with Gasteiger partial charge in [0.1, 0.15) is 0 Å². The van der Waals surface area contributed by atoms with E-state index in [0.717, 1.165) is 6.54 Å². The third-order valence-electron chi connectivity index (χ3n) is 3.75. The summed E-state index contributed by atoms with van der Waals surface area (Å²) in [5.41, 5.74) is 1.89. The van der Waals surface area contributed by atoms with Crippen LogP contribution in [0.5, 0.6) is 0 Å². The molecule has 1 fully saturated rings. The molecule has 1 heterocycles. The fourth-order valence-corrected chi connectivity index (χ4v) is 2.37. The van der Waals surface area contributed by atoms with Gasteiger partial charge in [-0.25, -0.2) is 0 Å². The second-order valence-electron chi connectivity index (χ2n) is 4.83. The summed E-state index contributed by atoms with van der Waals surface area (Å²) in [4.78, 5) is 0. The predicted octanol–water partition coefficient (Wildman–Crippen LogP) is 2.09. The quantitative estimate of drug-likeness (QED) is 0.801. The first-order valence-electron chi connectivity index (χ1n) is 5.92. The smallest absolute Gasteiger partial charge is 0.0534 e. The highest BCUT2D eigenvalue weighted by atomic mass is 15.2. The van der Waals surface area contributed by atoms with Gasteiger partial charge in [-0.15, -0.1) is 0 Å². The molecule has 0 aromatic carbocycles. The number of rotatable bonds is 5. The largest absolute Gasteiger partial charge is 0.312 e. The van der Waals surface area contributed by atoms with Gasteiger partial charge >= 0.3 is 0 Å². The van der Waals surface area contributed by atoms with Crippen LogP contribution in [0.25, 0.3) is 0 Å². The van der Waals surface area contributed by atoms with Crippen LogP contribution in [0, 0.1) is 5.41 Å². The van der Waals surface area contributed by atoms with Gasteiger partial charge in [-0.05, 0) is 24.7 Å². The Morgan fingerprint density at radius 1 is 1.53 bits per heavy atom. The lowest BCUT2D eigenvalue weighted by molar-refractivity contribution is 0.124. The van der Waals surface area contributed by atoms with E-state index in [1.54, 1.807) is 0 Å². The van der Waals surface area contributed by atoms with E-state index < -0.39 is 0 Å². The van der Waals surface area contributed by atoms with E-state index in [0.29, 0.717) is 5.41 Å². The lowest BCUT2D eigenvalue weighted by Crippen LogP contribution is -2.39. The number of hydrogen-bond donors (Lipinski definition) is 1. The Morgan fingerprint density at radius 2 is 2.33 bits per heavy atom. The first-order valence-corrected chi connectivity index (χ1v) is 5.92. The number of aromatic nitrogens is 2. The molecule has 0 spiro atoms. The van der Waals surface area contributed by atoms with E-state index in [4.69, 9.17) is 0 Å². The molecule has 3 heteroatoms. The summed E-state index contributed by atoms with van der Waals surface area (Å²) in [7, 11) is 1.96. The Labute approximate surface area is 91.9 Å². The lowest BCUT2D eigenvalue weighted by atomic mass is 9.67. The van der Waals surface area contributed by atoms with Gasteiger partial charge in [0, 0.05) is 31.9 Å². The number of nitrogens with one attached hydrogen (secondary N) is 1. The summed E-state index contributed by atoms with van der Waals surface area (Å²) >= 11 is 0. The Hall–Kier alpha value is -0.830. The highest BCUT2D eigenvalue weighted by Crippen LogP contribution is 2.43. The second-order valence-corrected chi connectivity index (χ2v) is 4.83. The first kappa shape index (κ1) is 10.7. The minimum Gasteiger partial charge on any atom is -0.312 e. The zero-order valence-electron chi connectivity index (χ0n) is 9.79. The Morgan fingerprint density at radius 3 is 2.80 bits per heavy atom. The van der Waals surface area contributed by atoms with E-state index in [2.05, 4.69) is 23.5 Å². The minimum atomic E-state index is 0.613. The van der Waals surface area contributed by atoms with Gasteiger partial charge in [-0.3, -0.25) is 4.68 Å². The van der Waals surface area contributed by atoms with Gasteiger partial charge in [0.2, 0.25) is 0 Å². The van der Waals surface area contributed by atoms with Crippen molar-refractivity contribution in [3.8, 4) is 0 Å². The fraction of sp³-hybridized carbons (Fsp3) is 0.750. The third kappa shape index (κ3) is 2.40. The van der Waals surface area contributed by atoms with Gasteiger partial charge in [0.25, 0.3) is 0 Å². The maximum Gasteiger partial charge on any atom is 0.0534 e. The molecular weight excluding hydrogens is 186 g/mol. The van der Waals surface area contributed by atoms with Crippen molar-refractivity contribution in [2.75, 3.05) is 6.54 Å². The van der Waals surface area contributed by atoms with Crippen LogP contribution in [0.15, 0.2) is 12.4 Å². The van der Waals surface area contributed by atoms with Crippen molar-refractivity contribution in [1.82, 2.24) is 15.1 Å². The molecule has 15 heavy (non-hydrogen) atoms. The van der Waals surface area contributed by atoms with E-state index in [1.807, 2.05) is 17.9 Å². The molecule has 0 amide bonds. The summed E-state index contributed by atoms with van der Waals surface area (Å²) < 4.78 is 1.86. The van der Waals surface area contributed by atoms with Crippen LogP contribution in [0.3, 0.4) is 0 Å². The monoisotopic (exact) mass is 207 g/mol. The molecule has 84 valence electrons. The van der Waals surface area contributed by atoms with Crippen molar-refractivity contribution in [2.24, 2.45) is 12.5 Å². The van der Waals surface area contributed by atoms with Gasteiger partial charge in [0.15, 0.2) is 0 Å². The van der Waals surface area contributed by atoms with Crippen molar-refractivity contribution in [3.63, 3.8) is 0 Å². The molecule has 3 nitrogen and oxygen atoms in total. The fourth-order valence-electron chi connectivity index (χ4n) is 2.37. The van der Waals surface area contributed by atoms with E-state index in [1.165, 1.54) is 37.8 Å². The molecule has 0 atom stereocenters. The summed E-state index contributed by atoms with van der Waals surface area (Å²) in [6, 6.07) is 0. The van der Waals surface area contributed by atoms with Gasteiger partial charge in [-0.1, -0.05) is 13.3 Å². The molecule has 1 N–H and O–H groups in total. The SMILES string of the molecule is CCC1(CNCc2cnn(C)c2)CCC1.